The number of benzene rings is 5. The molecule has 5 aromatic rings. The summed E-state index contributed by atoms with van der Waals surface area (Å²) in [5.74, 6) is 0.357. The quantitative estimate of drug-likeness (QED) is 0.0267. The van der Waals surface area contributed by atoms with Crippen molar-refractivity contribution in [1.29, 1.82) is 0 Å². The number of alkyl halides is 12. The number of carbonyl (C=O) groups is 2. The van der Waals surface area contributed by atoms with Crippen LogP contribution in [0.5, 0.6) is 11.5 Å². The third-order valence-corrected chi connectivity index (χ3v) is 16.2. The molecule has 0 aromatic heterocycles. The molecule has 1 heterocycles. The first-order valence-corrected chi connectivity index (χ1v) is 27.9. The van der Waals surface area contributed by atoms with Crippen molar-refractivity contribution in [2.45, 2.75) is 147 Å². The molecule has 1 aliphatic rings. The molecule has 0 aliphatic carbocycles. The van der Waals surface area contributed by atoms with Crippen LogP contribution in [0.3, 0.4) is 0 Å². The lowest BCUT2D eigenvalue weighted by Gasteiger charge is -2.35. The van der Waals surface area contributed by atoms with E-state index in [2.05, 4.69) is 18.9 Å². The number of methoxy groups -OCH3 is 2. The van der Waals surface area contributed by atoms with E-state index < -0.39 is 60.3 Å². The molecule has 86 heavy (non-hydrogen) atoms. The fourth-order valence-electron chi connectivity index (χ4n) is 10.9. The summed E-state index contributed by atoms with van der Waals surface area (Å²) < 4.78 is 188. The van der Waals surface area contributed by atoms with Crippen LogP contribution in [0.15, 0.2) is 109 Å². The molecule has 1 aliphatic heterocycles. The number of phenolic OH excluding ortho intramolecular Hbond substituents is 1. The van der Waals surface area contributed by atoms with E-state index >= 15 is 0 Å². The van der Waals surface area contributed by atoms with Crippen LogP contribution in [0.1, 0.15) is 149 Å². The monoisotopic (exact) mass is 1220 g/mol. The van der Waals surface area contributed by atoms with E-state index in [0.29, 0.717) is 78.8 Å². The molecule has 1 N–H and O–H groups in total. The van der Waals surface area contributed by atoms with Crippen molar-refractivity contribution in [3.8, 4) is 11.5 Å². The molecule has 0 fully saturated rings. The number of imide groups is 1. The molecule has 21 heteroatoms. The Balaban J connectivity index is 0.000000337. The zero-order valence-electron chi connectivity index (χ0n) is 49.6. The van der Waals surface area contributed by atoms with Gasteiger partial charge in [-0.1, -0.05) is 113 Å². The van der Waals surface area contributed by atoms with Gasteiger partial charge in [-0.2, -0.15) is 52.7 Å². The second-order valence-electron chi connectivity index (χ2n) is 21.2. The second kappa shape index (κ2) is 28.4. The summed E-state index contributed by atoms with van der Waals surface area (Å²) in [5, 5.41) is 9.91. The number of unbranched alkanes of at least 4 members (excludes halogenated alkanes) is 2. The fourth-order valence-corrected chi connectivity index (χ4v) is 10.9. The summed E-state index contributed by atoms with van der Waals surface area (Å²) in [4.78, 5) is 26.4. The molecule has 9 nitrogen and oxygen atoms in total. The summed E-state index contributed by atoms with van der Waals surface area (Å²) in [6.07, 6.45) is -16.6. The predicted molar refractivity (Wildman–Crippen MR) is 304 cm³/mol. The number of phenols is 1. The minimum Gasteiger partial charge on any atom is -0.508 e. The topological polar surface area (TPSA) is 104 Å². The van der Waals surface area contributed by atoms with Gasteiger partial charge in [0.2, 0.25) is 0 Å². The summed E-state index contributed by atoms with van der Waals surface area (Å²) in [6, 6.07) is 28.1. The minimum atomic E-state index is -5.79. The number of amides is 2. The van der Waals surface area contributed by atoms with Crippen LogP contribution >= 0.6 is 0 Å². The molecule has 5 aromatic carbocycles. The first-order valence-electron chi connectivity index (χ1n) is 27.9. The molecule has 470 valence electrons. The Hall–Kier alpha value is -6.68. The average Bonchev–Trinajstić information content (AvgIpc) is 1.23. The number of aryl methyl sites for hydroxylation is 4. The summed E-state index contributed by atoms with van der Waals surface area (Å²) in [6.45, 7) is 13.4. The molecule has 0 saturated heterocycles. The zero-order valence-corrected chi connectivity index (χ0v) is 49.6. The molecule has 0 atom stereocenters. The van der Waals surface area contributed by atoms with Crippen LogP contribution in [0, 0.1) is 27.7 Å². The van der Waals surface area contributed by atoms with Crippen molar-refractivity contribution in [1.82, 2.24) is 4.90 Å². The van der Waals surface area contributed by atoms with Gasteiger partial charge in [0.25, 0.3) is 23.0 Å². The smallest absolute Gasteiger partial charge is 0.430 e. The van der Waals surface area contributed by atoms with Gasteiger partial charge in [0.05, 0.1) is 17.7 Å². The molecule has 6 rings (SSSR count). The third-order valence-electron chi connectivity index (χ3n) is 16.2. The van der Waals surface area contributed by atoms with E-state index in [1.165, 1.54) is 17.0 Å². The summed E-state index contributed by atoms with van der Waals surface area (Å²) in [7, 11) is 1.88. The van der Waals surface area contributed by atoms with E-state index in [0.717, 1.165) is 67.0 Å². The minimum absolute atomic E-state index is 0.00238. The number of hydrogen-bond donors (Lipinski definition) is 1. The van der Waals surface area contributed by atoms with Crippen molar-refractivity contribution < 1.29 is 91.1 Å². The summed E-state index contributed by atoms with van der Waals surface area (Å²) >= 11 is 0. The number of nitrogens with zero attached hydrogens (tertiary/aromatic N) is 1. The Morgan fingerprint density at radius 2 is 0.849 bits per heavy atom. The van der Waals surface area contributed by atoms with E-state index in [1.54, 1.807) is 75.4 Å². The number of rotatable bonds is 25. The number of halogens is 12. The van der Waals surface area contributed by atoms with E-state index in [1.807, 2.05) is 65.0 Å². The molecule has 0 unspecified atom stereocenters. The van der Waals surface area contributed by atoms with Crippen LogP contribution in [-0.2, 0) is 29.8 Å². The molecular formula is C65H73F12NO8. The Bertz CT molecular complexity index is 3110. The average molecular weight is 1220 g/mol. The number of hydrogen-bond acceptors (Lipinski definition) is 8. The van der Waals surface area contributed by atoms with Gasteiger partial charge >= 0.3 is 24.7 Å². The Kier molecular flexibility index (Phi) is 23.2. The third kappa shape index (κ3) is 14.7. The first kappa shape index (κ1) is 70.1. The maximum absolute atomic E-state index is 13.8. The van der Waals surface area contributed by atoms with Gasteiger partial charge in [0.15, 0.2) is 0 Å². The standard InChI is InChI=1S/C39H43F6NO5.C26H30F6O3/c1-6-36(7-2,29-16-15-28(26(3)23-29)19-20-37(38(40,41)42,39(43,44)45)51-25-49-5)30-17-18-33(27(4)24-30)50-22-12-8-11-21-46-34(47)31-13-9-10-14-32(31)35(46)48;1-6-23(7-2,21-10-11-22(33)18(4)15-21)20-9-8-19(17(3)14-20)12-13-24(25(27,28)29,26(30,31)32)35-16-34-5/h9-10,13-20,23-24H,6-8,11-12,21-22,25H2,1-5H3;8-15,33H,6-7,16H2,1-5H3/b20-19+;13-12+. The first-order chi connectivity index (χ1) is 40.2. The van der Waals surface area contributed by atoms with E-state index in [4.69, 9.17) is 4.74 Å². The van der Waals surface area contributed by atoms with Gasteiger partial charge in [-0.15, -0.1) is 0 Å². The lowest BCUT2D eigenvalue weighted by molar-refractivity contribution is -0.372. The molecule has 0 radical (unpaired) electrons. The largest absolute Gasteiger partial charge is 0.508 e. The Labute approximate surface area is 493 Å². The Morgan fingerprint density at radius 1 is 0.477 bits per heavy atom. The van der Waals surface area contributed by atoms with Crippen molar-refractivity contribution >= 4 is 24.0 Å². The van der Waals surface area contributed by atoms with Crippen LogP contribution in [0.2, 0.25) is 0 Å². The molecule has 0 saturated carbocycles. The zero-order chi connectivity index (χ0) is 64.3. The number of ether oxygens (including phenoxy) is 5. The highest BCUT2D eigenvalue weighted by Crippen LogP contribution is 2.50. The number of carbonyl (C=O) groups excluding carboxylic acids is 2. The molecular weight excluding hydrogens is 1150 g/mol. The maximum atomic E-state index is 13.8. The van der Waals surface area contributed by atoms with Gasteiger partial charge in [-0.25, -0.2) is 0 Å². The van der Waals surface area contributed by atoms with Crippen molar-refractivity contribution in [2.24, 2.45) is 0 Å². The number of fused-ring (bicyclic) bond motifs is 1. The van der Waals surface area contributed by atoms with Crippen molar-refractivity contribution in [3.05, 3.63) is 176 Å². The Morgan fingerprint density at radius 3 is 1.20 bits per heavy atom. The van der Waals surface area contributed by atoms with Gasteiger partial charge in [0.1, 0.15) is 25.1 Å². The number of aromatic hydroxyl groups is 1. The van der Waals surface area contributed by atoms with Crippen LogP contribution in [0.25, 0.3) is 12.2 Å². The van der Waals surface area contributed by atoms with E-state index in [9.17, 15) is 67.4 Å². The summed E-state index contributed by atoms with van der Waals surface area (Å²) in [5.41, 5.74) is -2.40. The lowest BCUT2D eigenvalue weighted by atomic mass is 9.70. The predicted octanol–water partition coefficient (Wildman–Crippen LogP) is 17.4. The normalized spacial score (nSPS) is 13.9. The maximum Gasteiger partial charge on any atom is 0.430 e. The van der Waals surface area contributed by atoms with Gasteiger partial charge in [-0.3, -0.25) is 14.5 Å². The highest BCUT2D eigenvalue weighted by molar-refractivity contribution is 6.21. The van der Waals surface area contributed by atoms with Gasteiger partial charge in [-0.05, 0) is 165 Å². The van der Waals surface area contributed by atoms with E-state index in [-0.39, 0.29) is 40.8 Å². The highest BCUT2D eigenvalue weighted by atomic mass is 19.4. The van der Waals surface area contributed by atoms with Crippen molar-refractivity contribution in [3.63, 3.8) is 0 Å². The lowest BCUT2D eigenvalue weighted by Crippen LogP contribution is -2.57. The van der Waals surface area contributed by atoms with Crippen molar-refractivity contribution in [2.75, 3.05) is 41.0 Å². The molecule has 0 bridgehead atoms. The van der Waals surface area contributed by atoms with Gasteiger partial charge in [0, 0.05) is 31.6 Å². The van der Waals surface area contributed by atoms with Crippen LogP contribution in [-0.4, -0.2) is 98.7 Å². The SMILES string of the molecule is CCC(CC)(c1ccc(/C=C/C(OCOC)(C(F)(F)F)C(F)(F)F)c(C)c1)c1ccc(OCCCCCN2C(=O)c3ccccc3C2=O)c(C)c1.CCC(CC)(c1ccc(O)c(C)c1)c1ccc(/C=C/C(OCOC)(C(F)(F)F)C(F)(F)F)c(C)c1. The van der Waals surface area contributed by atoms with Crippen LogP contribution in [0.4, 0.5) is 52.7 Å². The van der Waals surface area contributed by atoms with Gasteiger partial charge < -0.3 is 28.8 Å². The fraction of sp³-hybridized carbons (Fsp3) is 0.446. The molecule has 0 spiro atoms. The van der Waals surface area contributed by atoms with Crippen LogP contribution < -0.4 is 4.74 Å². The molecule has 2 amide bonds. The highest BCUT2D eigenvalue weighted by Gasteiger charge is 2.72. The second-order valence-corrected chi connectivity index (χ2v) is 21.2.